The number of hydrogen-bond donors (Lipinski definition) is 1. The van der Waals surface area contributed by atoms with Gasteiger partial charge in [0, 0.05) is 11.9 Å². The average molecular weight is 595 g/mol. The molecule has 0 spiro atoms. The van der Waals surface area contributed by atoms with E-state index in [0.29, 0.717) is 18.3 Å². The summed E-state index contributed by atoms with van der Waals surface area (Å²) in [7, 11) is -4.43. The van der Waals surface area contributed by atoms with Crippen LogP contribution >= 0.6 is 19.4 Å². The Labute approximate surface area is 246 Å². The average Bonchev–Trinajstić information content (AvgIpc) is 2.88. The number of carbonyl (C=O) groups is 1. The molecular weight excluding hydrogens is 531 g/mol. The third-order valence-electron chi connectivity index (χ3n) is 6.74. The van der Waals surface area contributed by atoms with E-state index in [1.165, 1.54) is 108 Å². The molecule has 0 aliphatic heterocycles. The molecule has 0 radical (unpaired) electrons. The van der Waals surface area contributed by atoms with Crippen molar-refractivity contribution in [1.82, 2.24) is 0 Å². The minimum absolute atomic E-state index is 0.0149. The molecule has 0 amide bonds. The highest BCUT2D eigenvalue weighted by molar-refractivity contribution is 7.99. The van der Waals surface area contributed by atoms with Crippen LogP contribution < -0.4 is 0 Å². The monoisotopic (exact) mass is 594 g/mol. The zero-order valence-electron chi connectivity index (χ0n) is 26.3. The summed E-state index contributed by atoms with van der Waals surface area (Å²) in [5.74, 6) is 1.18. The van der Waals surface area contributed by atoms with Crippen LogP contribution in [0.2, 0.25) is 0 Å². The molecule has 0 aliphatic rings. The van der Waals surface area contributed by atoms with Gasteiger partial charge in [0.15, 0.2) is 0 Å². The van der Waals surface area contributed by atoms with E-state index in [2.05, 4.69) is 32.5 Å². The highest BCUT2D eigenvalue weighted by Gasteiger charge is 2.33. The minimum Gasteiger partial charge on any atom is -0.456 e. The zero-order valence-corrected chi connectivity index (χ0v) is 28.1. The Morgan fingerprint density at radius 3 is 1.85 bits per heavy atom. The summed E-state index contributed by atoms with van der Waals surface area (Å²) in [5.41, 5.74) is -1.46. The second-order valence-electron chi connectivity index (χ2n) is 12.2. The summed E-state index contributed by atoms with van der Waals surface area (Å²) in [4.78, 5) is 21.8. The molecule has 234 valence electrons. The van der Waals surface area contributed by atoms with Gasteiger partial charge in [-0.2, -0.15) is 11.8 Å². The number of rotatable bonds is 27. The Morgan fingerprint density at radius 1 is 0.795 bits per heavy atom. The minimum atomic E-state index is -4.43. The molecule has 0 aromatic carbocycles. The predicted octanol–water partition coefficient (Wildman–Crippen LogP) is 10.5. The molecule has 0 heterocycles. The highest BCUT2D eigenvalue weighted by atomic mass is 32.2. The van der Waals surface area contributed by atoms with Crippen molar-refractivity contribution < 1.29 is 28.3 Å². The molecular formula is C31H63O6PS. The Hall–Kier alpha value is -0.0700. The number of ether oxygens (including phenoxy) is 2. The molecule has 0 saturated carbocycles. The normalized spacial score (nSPS) is 15.2. The topological polar surface area (TPSA) is 82.1 Å². The van der Waals surface area contributed by atoms with Gasteiger partial charge in [-0.25, -0.2) is 9.36 Å². The second kappa shape index (κ2) is 24.5. The summed E-state index contributed by atoms with van der Waals surface area (Å²) >= 11 is 2.05. The molecule has 3 atom stereocenters. The van der Waals surface area contributed by atoms with Gasteiger partial charge in [0.25, 0.3) is 0 Å². The largest absolute Gasteiger partial charge is 0.456 e. The van der Waals surface area contributed by atoms with Crippen LogP contribution in [0.3, 0.4) is 0 Å². The van der Waals surface area contributed by atoms with E-state index in [0.717, 1.165) is 0 Å². The lowest BCUT2D eigenvalue weighted by Crippen LogP contribution is -2.25. The molecule has 0 saturated heterocycles. The molecule has 3 unspecified atom stereocenters. The van der Waals surface area contributed by atoms with E-state index >= 15 is 0 Å². The van der Waals surface area contributed by atoms with Gasteiger partial charge in [0.05, 0.1) is 19.3 Å². The Balaban J connectivity index is 4.37. The lowest BCUT2D eigenvalue weighted by atomic mass is 9.99. The lowest BCUT2D eigenvalue weighted by molar-refractivity contribution is 0.0533. The third kappa shape index (κ3) is 24.3. The maximum absolute atomic E-state index is 12.1. The van der Waals surface area contributed by atoms with Crippen molar-refractivity contribution in [3.05, 3.63) is 0 Å². The van der Waals surface area contributed by atoms with Crippen molar-refractivity contribution in [2.45, 2.75) is 162 Å². The van der Waals surface area contributed by atoms with Crippen molar-refractivity contribution in [3.8, 4) is 0 Å². The molecule has 8 heteroatoms. The van der Waals surface area contributed by atoms with Gasteiger partial charge in [0.2, 0.25) is 0 Å². The van der Waals surface area contributed by atoms with Gasteiger partial charge in [0.1, 0.15) is 0 Å². The van der Waals surface area contributed by atoms with Crippen LogP contribution in [0, 0.1) is 5.41 Å². The first kappa shape index (κ1) is 38.9. The summed E-state index contributed by atoms with van der Waals surface area (Å²) in [6.07, 6.45) is 21.6. The number of unbranched alkanes of at least 4 members (excludes halogenated alkanes) is 13. The second-order valence-corrected chi connectivity index (χ2v) is 15.2. The maximum Gasteiger partial charge on any atom is 0.435 e. The van der Waals surface area contributed by atoms with Crippen molar-refractivity contribution >= 4 is 25.1 Å². The van der Waals surface area contributed by atoms with E-state index in [1.54, 1.807) is 0 Å². The third-order valence-corrected chi connectivity index (χ3v) is 9.44. The van der Waals surface area contributed by atoms with Gasteiger partial charge >= 0.3 is 13.3 Å². The van der Waals surface area contributed by atoms with Crippen LogP contribution in [-0.2, 0) is 18.6 Å². The Bertz CT molecular complexity index is 625. The van der Waals surface area contributed by atoms with Crippen molar-refractivity contribution in [3.63, 3.8) is 0 Å². The smallest absolute Gasteiger partial charge is 0.435 e. The van der Waals surface area contributed by atoms with Gasteiger partial charge in [-0.15, -0.1) is 0 Å². The molecule has 0 rings (SSSR count). The number of hydrogen-bond acceptors (Lipinski definition) is 6. The van der Waals surface area contributed by atoms with Crippen LogP contribution in [-0.4, -0.2) is 47.5 Å². The SMILES string of the molecule is CCCCCCCCCCSC(CCCCCCCCC)C(C)OCCCOP(=O)(O)C(=O)OCC(C)(C)C. The van der Waals surface area contributed by atoms with E-state index in [9.17, 15) is 14.3 Å². The molecule has 39 heavy (non-hydrogen) atoms. The van der Waals surface area contributed by atoms with Crippen LogP contribution in [0.1, 0.15) is 151 Å². The summed E-state index contributed by atoms with van der Waals surface area (Å²) in [6, 6.07) is 0. The first-order chi connectivity index (χ1) is 18.5. The van der Waals surface area contributed by atoms with Crippen molar-refractivity contribution in [2.24, 2.45) is 5.41 Å². The fraction of sp³-hybridized carbons (Fsp3) is 0.968. The number of thioether (sulfide) groups is 1. The summed E-state index contributed by atoms with van der Waals surface area (Å²) in [6.45, 7) is 12.8. The van der Waals surface area contributed by atoms with Crippen molar-refractivity contribution in [2.75, 3.05) is 25.6 Å². The van der Waals surface area contributed by atoms with Gasteiger partial charge in [-0.3, -0.25) is 0 Å². The summed E-state index contributed by atoms with van der Waals surface area (Å²) < 4.78 is 28.2. The van der Waals surface area contributed by atoms with Crippen LogP contribution in [0.4, 0.5) is 4.79 Å². The summed E-state index contributed by atoms with van der Waals surface area (Å²) in [5, 5.41) is 0.461. The Morgan fingerprint density at radius 2 is 1.31 bits per heavy atom. The lowest BCUT2D eigenvalue weighted by Gasteiger charge is -2.24. The Kier molecular flexibility index (Phi) is 24.5. The first-order valence-corrected chi connectivity index (χ1v) is 18.5. The van der Waals surface area contributed by atoms with E-state index < -0.39 is 13.3 Å². The van der Waals surface area contributed by atoms with Crippen LogP contribution in [0.25, 0.3) is 0 Å². The molecule has 0 aliphatic carbocycles. The predicted molar refractivity (Wildman–Crippen MR) is 168 cm³/mol. The van der Waals surface area contributed by atoms with Crippen LogP contribution in [0.5, 0.6) is 0 Å². The van der Waals surface area contributed by atoms with E-state index in [4.69, 9.17) is 14.0 Å². The molecule has 1 N–H and O–H groups in total. The molecule has 0 fully saturated rings. The number of carbonyl (C=O) groups excluding carboxylic acids is 1. The fourth-order valence-electron chi connectivity index (χ4n) is 4.26. The quantitative estimate of drug-likeness (QED) is 0.0748. The molecule has 6 nitrogen and oxygen atoms in total. The van der Waals surface area contributed by atoms with Gasteiger partial charge in [-0.05, 0) is 37.4 Å². The fourth-order valence-corrected chi connectivity index (χ4v) is 6.33. The maximum atomic E-state index is 12.1. The zero-order chi connectivity index (χ0) is 29.4. The van der Waals surface area contributed by atoms with Gasteiger partial charge in [-0.1, -0.05) is 125 Å². The molecule has 0 aromatic heterocycles. The van der Waals surface area contributed by atoms with Crippen molar-refractivity contribution in [1.29, 1.82) is 0 Å². The standard InChI is InChI=1S/C31H63O6PS/c1-7-9-11-13-15-17-19-21-26-39-29(23-20-18-16-14-12-10-8-2)28(3)35-24-22-25-37-38(33,34)30(32)36-27-31(4,5)6/h28-29H,7-27H2,1-6H3,(H,33,34). The highest BCUT2D eigenvalue weighted by Crippen LogP contribution is 2.44. The first-order valence-electron chi connectivity index (χ1n) is 15.9. The van der Waals surface area contributed by atoms with E-state index in [1.807, 2.05) is 20.8 Å². The molecule has 0 aromatic rings. The van der Waals surface area contributed by atoms with Gasteiger partial charge < -0.3 is 18.9 Å². The van der Waals surface area contributed by atoms with E-state index in [-0.39, 0.29) is 24.7 Å². The molecule has 0 bridgehead atoms. The van der Waals surface area contributed by atoms with Crippen LogP contribution in [0.15, 0.2) is 0 Å².